The molecule has 2 aromatic rings. The summed E-state index contributed by atoms with van der Waals surface area (Å²) in [5.74, 6) is -0.976. The molecule has 1 N–H and O–H groups in total. The normalized spacial score (nSPS) is 11.9. The summed E-state index contributed by atoms with van der Waals surface area (Å²) in [5, 5.41) is 11.3. The molecule has 0 fully saturated rings. The zero-order valence-corrected chi connectivity index (χ0v) is 16.0. The van der Waals surface area contributed by atoms with Crippen molar-refractivity contribution >= 4 is 11.9 Å². The molecule has 2 rings (SSSR count). The summed E-state index contributed by atoms with van der Waals surface area (Å²) in [6.07, 6.45) is 1.85. The predicted octanol–water partition coefficient (Wildman–Crippen LogP) is 2.65. The van der Waals surface area contributed by atoms with Gasteiger partial charge >= 0.3 is 5.97 Å². The largest absolute Gasteiger partial charge is 0.451 e. The number of hydrogen-bond acceptors (Lipinski definition) is 5. The number of benzene rings is 1. The van der Waals surface area contributed by atoms with E-state index in [9.17, 15) is 9.59 Å². The van der Waals surface area contributed by atoms with Crippen LogP contribution in [0.3, 0.4) is 0 Å². The molecule has 1 amide bonds. The zero-order chi connectivity index (χ0) is 19.3. The first-order valence-corrected chi connectivity index (χ1v) is 8.79. The molecule has 140 valence electrons. The van der Waals surface area contributed by atoms with E-state index in [2.05, 4.69) is 15.5 Å². The smallest absolute Gasteiger partial charge is 0.361 e. The molecule has 0 saturated heterocycles. The summed E-state index contributed by atoms with van der Waals surface area (Å²) in [7, 11) is 0. The predicted molar refractivity (Wildman–Crippen MR) is 98.4 cm³/mol. The van der Waals surface area contributed by atoms with Crippen molar-refractivity contribution < 1.29 is 14.3 Å². The van der Waals surface area contributed by atoms with Crippen molar-refractivity contribution in [2.24, 2.45) is 0 Å². The molecule has 0 bridgehead atoms. The quantitative estimate of drug-likeness (QED) is 0.769. The highest BCUT2D eigenvalue weighted by atomic mass is 16.5. The third kappa shape index (κ3) is 4.91. The molecule has 1 unspecified atom stereocenters. The molecule has 7 nitrogen and oxygen atoms in total. The minimum Gasteiger partial charge on any atom is -0.451 e. The maximum absolute atomic E-state index is 12.2. The lowest BCUT2D eigenvalue weighted by molar-refractivity contribution is -0.124. The summed E-state index contributed by atoms with van der Waals surface area (Å²) < 4.78 is 5.08. The van der Waals surface area contributed by atoms with E-state index >= 15 is 0 Å². The number of carbonyl (C=O) groups excluding carboxylic acids is 2. The molecule has 0 spiro atoms. The van der Waals surface area contributed by atoms with Gasteiger partial charge < -0.3 is 10.1 Å². The van der Waals surface area contributed by atoms with E-state index in [1.54, 1.807) is 6.92 Å². The number of rotatable bonds is 7. The average molecular weight is 358 g/mol. The highest BCUT2D eigenvalue weighted by molar-refractivity contribution is 5.90. The van der Waals surface area contributed by atoms with Gasteiger partial charge in [0, 0.05) is 6.04 Å². The molecule has 0 saturated carbocycles. The van der Waals surface area contributed by atoms with Crippen LogP contribution < -0.4 is 5.32 Å². The molecule has 0 aliphatic rings. The van der Waals surface area contributed by atoms with Crippen molar-refractivity contribution in [1.82, 2.24) is 20.3 Å². The molecule has 1 atom stereocenters. The van der Waals surface area contributed by atoms with E-state index in [1.165, 1.54) is 4.80 Å². The second-order valence-corrected chi connectivity index (χ2v) is 6.55. The van der Waals surface area contributed by atoms with Crippen LogP contribution in [-0.2, 0) is 9.53 Å². The fourth-order valence-electron chi connectivity index (χ4n) is 2.73. The number of esters is 1. The summed E-state index contributed by atoms with van der Waals surface area (Å²) >= 11 is 0. The molecule has 0 aliphatic heterocycles. The van der Waals surface area contributed by atoms with Crippen molar-refractivity contribution in [2.45, 2.75) is 53.5 Å². The molecular weight excluding hydrogens is 332 g/mol. The minimum atomic E-state index is -0.656. The van der Waals surface area contributed by atoms with Crippen molar-refractivity contribution in [3.8, 4) is 5.69 Å². The second kappa shape index (κ2) is 8.60. The van der Waals surface area contributed by atoms with E-state index in [1.807, 2.05) is 45.9 Å². The van der Waals surface area contributed by atoms with Gasteiger partial charge in [-0.15, -0.1) is 5.10 Å². The number of aryl methyl sites for hydroxylation is 3. The lowest BCUT2D eigenvalue weighted by Crippen LogP contribution is -2.35. The van der Waals surface area contributed by atoms with Crippen LogP contribution in [0.4, 0.5) is 0 Å². The Labute approximate surface area is 153 Å². The van der Waals surface area contributed by atoms with Crippen molar-refractivity contribution in [1.29, 1.82) is 0 Å². The molecule has 1 aromatic heterocycles. The topological polar surface area (TPSA) is 86.1 Å². The van der Waals surface area contributed by atoms with Crippen LogP contribution >= 0.6 is 0 Å². The Kier molecular flexibility index (Phi) is 6.49. The van der Waals surface area contributed by atoms with Crippen LogP contribution in [0.1, 0.15) is 54.0 Å². The Morgan fingerprint density at radius 3 is 2.62 bits per heavy atom. The first-order chi connectivity index (χ1) is 12.3. The van der Waals surface area contributed by atoms with Crippen LogP contribution in [-0.4, -0.2) is 39.5 Å². The van der Waals surface area contributed by atoms with Crippen LogP contribution in [0.25, 0.3) is 5.69 Å². The standard InChI is InChI=1S/C19H26N4O3/c1-6-7-14(4)20-17(24)11-26-19(25)18-15(5)21-23(22-18)16-9-8-12(2)10-13(16)3/h8-10,14H,6-7,11H2,1-5H3,(H,20,24). The Balaban J connectivity index is 2.04. The molecule has 0 aliphatic carbocycles. The Morgan fingerprint density at radius 1 is 1.23 bits per heavy atom. The number of carbonyl (C=O) groups is 2. The lowest BCUT2D eigenvalue weighted by Gasteiger charge is -2.12. The van der Waals surface area contributed by atoms with Gasteiger partial charge in [-0.3, -0.25) is 4.79 Å². The van der Waals surface area contributed by atoms with Crippen molar-refractivity contribution in [3.05, 3.63) is 40.7 Å². The van der Waals surface area contributed by atoms with Gasteiger partial charge in [0.1, 0.15) is 0 Å². The summed E-state index contributed by atoms with van der Waals surface area (Å²) in [6, 6.07) is 5.94. The molecule has 1 aromatic carbocycles. The van der Waals surface area contributed by atoms with Crippen LogP contribution in [0.15, 0.2) is 18.2 Å². The Hall–Kier alpha value is -2.70. The van der Waals surface area contributed by atoms with E-state index in [4.69, 9.17) is 4.74 Å². The van der Waals surface area contributed by atoms with Gasteiger partial charge in [-0.1, -0.05) is 31.0 Å². The lowest BCUT2D eigenvalue weighted by atomic mass is 10.1. The third-order valence-corrected chi connectivity index (χ3v) is 4.01. The van der Waals surface area contributed by atoms with Crippen molar-refractivity contribution in [3.63, 3.8) is 0 Å². The summed E-state index contributed by atoms with van der Waals surface area (Å²) in [5.41, 5.74) is 3.50. The minimum absolute atomic E-state index is 0.0540. The van der Waals surface area contributed by atoms with Gasteiger partial charge in [-0.2, -0.15) is 9.90 Å². The van der Waals surface area contributed by atoms with Crippen LogP contribution in [0.5, 0.6) is 0 Å². The highest BCUT2D eigenvalue weighted by Gasteiger charge is 2.20. The number of nitrogens with zero attached hydrogens (tertiary/aromatic N) is 3. The van der Waals surface area contributed by atoms with Crippen molar-refractivity contribution in [2.75, 3.05) is 6.61 Å². The first-order valence-electron chi connectivity index (χ1n) is 8.79. The highest BCUT2D eigenvalue weighted by Crippen LogP contribution is 2.15. The molecule has 0 radical (unpaired) electrons. The van der Waals surface area contributed by atoms with E-state index in [0.717, 1.165) is 29.7 Å². The van der Waals surface area contributed by atoms with Gasteiger partial charge in [-0.25, -0.2) is 4.79 Å². The van der Waals surface area contributed by atoms with E-state index in [0.29, 0.717) is 5.69 Å². The maximum Gasteiger partial charge on any atom is 0.361 e. The molecule has 26 heavy (non-hydrogen) atoms. The molecule has 1 heterocycles. The van der Waals surface area contributed by atoms with Crippen LogP contribution in [0.2, 0.25) is 0 Å². The Morgan fingerprint density at radius 2 is 1.96 bits per heavy atom. The van der Waals surface area contributed by atoms with Crippen LogP contribution in [0, 0.1) is 20.8 Å². The first kappa shape index (κ1) is 19.6. The zero-order valence-electron chi connectivity index (χ0n) is 16.0. The van der Waals surface area contributed by atoms with Gasteiger partial charge in [0.25, 0.3) is 5.91 Å². The number of nitrogens with one attached hydrogen (secondary N) is 1. The average Bonchev–Trinajstić information content (AvgIpc) is 2.94. The Bertz CT molecular complexity index is 798. The number of amides is 1. The number of ether oxygens (including phenoxy) is 1. The van der Waals surface area contributed by atoms with Gasteiger partial charge in [0.05, 0.1) is 11.4 Å². The number of hydrogen-bond donors (Lipinski definition) is 1. The summed E-state index contributed by atoms with van der Waals surface area (Å²) in [4.78, 5) is 25.5. The molecular formula is C19H26N4O3. The van der Waals surface area contributed by atoms with Gasteiger partial charge in [0.15, 0.2) is 12.3 Å². The van der Waals surface area contributed by atoms with E-state index in [-0.39, 0.29) is 24.2 Å². The van der Waals surface area contributed by atoms with Gasteiger partial charge in [0.2, 0.25) is 0 Å². The third-order valence-electron chi connectivity index (χ3n) is 4.01. The van der Waals surface area contributed by atoms with E-state index < -0.39 is 5.97 Å². The monoisotopic (exact) mass is 358 g/mol. The number of aromatic nitrogens is 3. The SMILES string of the molecule is CCCC(C)NC(=O)COC(=O)c1nn(-c2ccc(C)cc2C)nc1C. The summed E-state index contributed by atoms with van der Waals surface area (Å²) in [6.45, 7) is 9.29. The fourth-order valence-corrected chi connectivity index (χ4v) is 2.73. The second-order valence-electron chi connectivity index (χ2n) is 6.55. The molecule has 7 heteroatoms. The fraction of sp³-hybridized carbons (Fsp3) is 0.474. The van der Waals surface area contributed by atoms with Gasteiger partial charge in [-0.05, 0) is 45.7 Å². The maximum atomic E-state index is 12.2.